The van der Waals surface area contributed by atoms with E-state index < -0.39 is 11.9 Å². The standard InChI is InChI=1S/C21H21N3O4/c1-4-28-21(27)19-18(13-14-5-7-15(8-6-14)23(2)3)20(26)24(22-19)16-9-11-17(25)12-10-16/h5-13,25H,4H2,1-3H3. The number of anilines is 2. The van der Waals surface area contributed by atoms with E-state index in [0.717, 1.165) is 16.3 Å². The molecule has 0 unspecified atom stereocenters. The third-order valence-corrected chi connectivity index (χ3v) is 4.16. The number of esters is 1. The first-order valence-corrected chi connectivity index (χ1v) is 8.79. The van der Waals surface area contributed by atoms with E-state index in [0.29, 0.717) is 5.69 Å². The lowest BCUT2D eigenvalue weighted by molar-refractivity contribution is -0.135. The van der Waals surface area contributed by atoms with Gasteiger partial charge in [0.1, 0.15) is 5.75 Å². The lowest BCUT2D eigenvalue weighted by atomic mass is 10.1. The largest absolute Gasteiger partial charge is 0.508 e. The van der Waals surface area contributed by atoms with Crippen LogP contribution in [-0.4, -0.2) is 43.4 Å². The first-order valence-electron chi connectivity index (χ1n) is 8.79. The predicted octanol–water partition coefficient (Wildman–Crippen LogP) is 2.81. The highest BCUT2D eigenvalue weighted by Gasteiger charge is 2.36. The van der Waals surface area contributed by atoms with Crippen LogP contribution in [0.5, 0.6) is 5.75 Å². The van der Waals surface area contributed by atoms with E-state index in [1.165, 1.54) is 12.1 Å². The summed E-state index contributed by atoms with van der Waals surface area (Å²) in [5, 5.41) is 14.8. The van der Waals surface area contributed by atoms with Crippen LogP contribution >= 0.6 is 0 Å². The Morgan fingerprint density at radius 1 is 1.14 bits per heavy atom. The highest BCUT2D eigenvalue weighted by Crippen LogP contribution is 2.27. The quantitative estimate of drug-likeness (QED) is 0.638. The van der Waals surface area contributed by atoms with Gasteiger partial charge < -0.3 is 14.7 Å². The molecule has 0 bridgehead atoms. The fourth-order valence-corrected chi connectivity index (χ4v) is 2.70. The number of phenols is 1. The van der Waals surface area contributed by atoms with E-state index in [4.69, 9.17) is 4.74 Å². The maximum absolute atomic E-state index is 13.0. The number of ether oxygens (including phenoxy) is 1. The molecule has 1 amide bonds. The summed E-state index contributed by atoms with van der Waals surface area (Å²) in [6, 6.07) is 13.6. The van der Waals surface area contributed by atoms with Crippen LogP contribution in [0.15, 0.2) is 59.2 Å². The maximum Gasteiger partial charge on any atom is 0.359 e. The number of phenolic OH excluding ortho intramolecular Hbond substituents is 1. The minimum absolute atomic E-state index is 0.0448. The van der Waals surface area contributed by atoms with Gasteiger partial charge in [0.2, 0.25) is 0 Å². The molecule has 0 spiro atoms. The molecule has 1 aliphatic rings. The van der Waals surface area contributed by atoms with Gasteiger partial charge in [0.05, 0.1) is 17.9 Å². The predicted molar refractivity (Wildman–Crippen MR) is 108 cm³/mol. The second-order valence-electron chi connectivity index (χ2n) is 6.35. The Balaban J connectivity index is 2.00. The van der Waals surface area contributed by atoms with Gasteiger partial charge in [-0.2, -0.15) is 10.1 Å². The van der Waals surface area contributed by atoms with E-state index in [9.17, 15) is 14.7 Å². The third kappa shape index (κ3) is 3.88. The molecule has 1 N–H and O–H groups in total. The summed E-state index contributed by atoms with van der Waals surface area (Å²) >= 11 is 0. The van der Waals surface area contributed by atoms with Crippen LogP contribution < -0.4 is 9.91 Å². The second kappa shape index (κ2) is 7.96. The van der Waals surface area contributed by atoms with Gasteiger partial charge in [-0.05, 0) is 55.0 Å². The fourth-order valence-electron chi connectivity index (χ4n) is 2.70. The summed E-state index contributed by atoms with van der Waals surface area (Å²) in [6.07, 6.45) is 1.62. The van der Waals surface area contributed by atoms with Gasteiger partial charge in [0, 0.05) is 19.8 Å². The van der Waals surface area contributed by atoms with Crippen LogP contribution in [0.4, 0.5) is 11.4 Å². The SMILES string of the molecule is CCOC(=O)C1=NN(c2ccc(O)cc2)C(=O)C1=Cc1ccc(N(C)C)cc1. The Hall–Kier alpha value is -3.61. The lowest BCUT2D eigenvalue weighted by Gasteiger charge is -2.12. The van der Waals surface area contributed by atoms with Gasteiger partial charge >= 0.3 is 5.97 Å². The first-order chi connectivity index (χ1) is 13.4. The molecular weight excluding hydrogens is 358 g/mol. The zero-order chi connectivity index (χ0) is 20.3. The second-order valence-corrected chi connectivity index (χ2v) is 6.35. The van der Waals surface area contributed by atoms with Crippen LogP contribution in [0.25, 0.3) is 6.08 Å². The van der Waals surface area contributed by atoms with Crippen molar-refractivity contribution in [2.75, 3.05) is 30.6 Å². The number of hydrogen-bond acceptors (Lipinski definition) is 6. The van der Waals surface area contributed by atoms with E-state index in [1.807, 2.05) is 43.3 Å². The molecule has 0 aromatic heterocycles. The Morgan fingerprint density at radius 3 is 2.36 bits per heavy atom. The molecule has 1 aliphatic heterocycles. The molecule has 0 saturated heterocycles. The number of carbonyl (C=O) groups is 2. The third-order valence-electron chi connectivity index (χ3n) is 4.16. The number of hydrazone groups is 1. The number of aromatic hydroxyl groups is 1. The van der Waals surface area contributed by atoms with Crippen molar-refractivity contribution in [3.05, 3.63) is 59.7 Å². The van der Waals surface area contributed by atoms with Crippen LogP contribution in [0, 0.1) is 0 Å². The Morgan fingerprint density at radius 2 is 1.79 bits per heavy atom. The molecule has 0 radical (unpaired) electrons. The molecule has 1 heterocycles. The van der Waals surface area contributed by atoms with Crippen LogP contribution in [0.1, 0.15) is 12.5 Å². The van der Waals surface area contributed by atoms with Gasteiger partial charge in [0.25, 0.3) is 5.91 Å². The van der Waals surface area contributed by atoms with Crippen molar-refractivity contribution in [1.29, 1.82) is 0 Å². The molecule has 7 nitrogen and oxygen atoms in total. The average Bonchev–Trinajstić information content (AvgIpc) is 3.00. The molecule has 28 heavy (non-hydrogen) atoms. The van der Waals surface area contributed by atoms with Crippen LogP contribution in [-0.2, 0) is 14.3 Å². The summed E-state index contributed by atoms with van der Waals surface area (Å²) in [5.41, 5.74) is 2.33. The summed E-state index contributed by atoms with van der Waals surface area (Å²) in [6.45, 7) is 1.87. The maximum atomic E-state index is 13.0. The van der Waals surface area contributed by atoms with Gasteiger partial charge in [0.15, 0.2) is 5.71 Å². The number of rotatable bonds is 5. The molecule has 0 aliphatic carbocycles. The highest BCUT2D eigenvalue weighted by atomic mass is 16.5. The van der Waals surface area contributed by atoms with E-state index >= 15 is 0 Å². The summed E-state index contributed by atoms with van der Waals surface area (Å²) in [4.78, 5) is 27.3. The zero-order valence-corrected chi connectivity index (χ0v) is 15.9. The lowest BCUT2D eigenvalue weighted by Crippen LogP contribution is -2.22. The smallest absolute Gasteiger partial charge is 0.359 e. The number of hydrogen-bond donors (Lipinski definition) is 1. The van der Waals surface area contributed by atoms with Gasteiger partial charge in [-0.3, -0.25) is 4.79 Å². The molecule has 2 aromatic carbocycles. The van der Waals surface area contributed by atoms with Gasteiger partial charge in [-0.1, -0.05) is 12.1 Å². The van der Waals surface area contributed by atoms with Crippen molar-refractivity contribution < 1.29 is 19.4 Å². The number of amides is 1. The summed E-state index contributed by atoms with van der Waals surface area (Å²) in [7, 11) is 3.88. The minimum atomic E-state index is -0.659. The van der Waals surface area contributed by atoms with Crippen LogP contribution in [0.3, 0.4) is 0 Å². The van der Waals surface area contributed by atoms with Crippen molar-refractivity contribution in [1.82, 2.24) is 0 Å². The zero-order valence-electron chi connectivity index (χ0n) is 15.9. The average molecular weight is 379 g/mol. The van der Waals surface area contributed by atoms with Crippen molar-refractivity contribution >= 4 is 35.0 Å². The summed E-state index contributed by atoms with van der Waals surface area (Å²) < 4.78 is 5.06. The molecule has 0 fully saturated rings. The van der Waals surface area contributed by atoms with E-state index in [2.05, 4.69) is 5.10 Å². The molecule has 0 saturated carbocycles. The van der Waals surface area contributed by atoms with Crippen molar-refractivity contribution in [3.63, 3.8) is 0 Å². The van der Waals surface area contributed by atoms with Crippen molar-refractivity contribution in [3.8, 4) is 5.75 Å². The molecule has 144 valence electrons. The Bertz CT molecular complexity index is 945. The molecular formula is C21H21N3O4. The van der Waals surface area contributed by atoms with E-state index in [-0.39, 0.29) is 23.6 Å². The van der Waals surface area contributed by atoms with Crippen LogP contribution in [0.2, 0.25) is 0 Å². The van der Waals surface area contributed by atoms with Crippen molar-refractivity contribution in [2.45, 2.75) is 6.92 Å². The topological polar surface area (TPSA) is 82.4 Å². The highest BCUT2D eigenvalue weighted by molar-refractivity contribution is 6.54. The van der Waals surface area contributed by atoms with Gasteiger partial charge in [-0.15, -0.1) is 0 Å². The number of nitrogens with zero attached hydrogens (tertiary/aromatic N) is 3. The number of benzene rings is 2. The molecule has 0 atom stereocenters. The first kappa shape index (κ1) is 19.2. The molecule has 7 heteroatoms. The summed E-state index contributed by atoms with van der Waals surface area (Å²) in [5.74, 6) is -1.03. The number of carbonyl (C=O) groups excluding carboxylic acids is 2. The Kier molecular flexibility index (Phi) is 5.44. The molecule has 2 aromatic rings. The molecule has 3 rings (SSSR count). The van der Waals surface area contributed by atoms with Gasteiger partial charge in [-0.25, -0.2) is 4.79 Å². The minimum Gasteiger partial charge on any atom is -0.508 e. The fraction of sp³-hybridized carbons (Fsp3) is 0.190. The Labute approximate surface area is 163 Å². The monoisotopic (exact) mass is 379 g/mol. The normalized spacial score (nSPS) is 15.0. The van der Waals surface area contributed by atoms with E-state index in [1.54, 1.807) is 25.1 Å². The van der Waals surface area contributed by atoms with Crippen molar-refractivity contribution in [2.24, 2.45) is 5.10 Å².